The normalized spacial score (nSPS) is 17.8. The molecule has 1 saturated heterocycles. The van der Waals surface area contributed by atoms with Crippen molar-refractivity contribution < 1.29 is 28.3 Å². The number of methoxy groups -OCH3 is 2. The van der Waals surface area contributed by atoms with Gasteiger partial charge in [0.05, 0.1) is 33.3 Å². The number of anilines is 1. The third-order valence-corrected chi connectivity index (χ3v) is 12.1. The van der Waals surface area contributed by atoms with E-state index in [-0.39, 0.29) is 30.7 Å². The molecule has 13 heteroatoms. The number of aromatic nitrogens is 4. The highest BCUT2D eigenvalue weighted by atomic mass is 31.2. The van der Waals surface area contributed by atoms with Gasteiger partial charge in [0.25, 0.3) is 0 Å². The fraction of sp³-hybridized carbons (Fsp3) is 0.395. The summed E-state index contributed by atoms with van der Waals surface area (Å²) in [7, 11) is 2.31. The van der Waals surface area contributed by atoms with Crippen LogP contribution in [0.15, 0.2) is 104 Å². The van der Waals surface area contributed by atoms with Crippen LogP contribution in [0.5, 0.6) is 11.5 Å². The van der Waals surface area contributed by atoms with E-state index >= 15 is 0 Å². The number of imidazole rings is 1. The van der Waals surface area contributed by atoms with Gasteiger partial charge < -0.3 is 28.8 Å². The Kier molecular flexibility index (Phi) is 13.5. The summed E-state index contributed by atoms with van der Waals surface area (Å²) in [6.45, 7) is 14.8. The molecule has 0 spiro atoms. The fourth-order valence-electron chi connectivity index (χ4n) is 7.49. The Bertz CT molecular complexity index is 1990. The number of nitrogens with zero attached hydrogens (tertiary/aromatic N) is 5. The number of hydrogen-bond acceptors (Lipinski definition) is 10. The average molecular weight is 781 g/mol. The molecule has 1 unspecified atom stereocenters. The maximum atomic E-state index is 12.6. The van der Waals surface area contributed by atoms with Crippen LogP contribution in [0.25, 0.3) is 11.2 Å². The second-order valence-corrected chi connectivity index (χ2v) is 15.9. The molecule has 3 heterocycles. The van der Waals surface area contributed by atoms with Gasteiger partial charge in [0.2, 0.25) is 5.91 Å². The molecule has 56 heavy (non-hydrogen) atoms. The maximum Gasteiger partial charge on any atom is 0.225 e. The molecule has 0 radical (unpaired) electrons. The molecule has 296 valence electrons. The second-order valence-electron chi connectivity index (χ2n) is 14.3. The van der Waals surface area contributed by atoms with Gasteiger partial charge in [-0.3, -0.25) is 14.0 Å². The number of hydrogen-bond donors (Lipinski definition) is 1. The highest BCUT2D eigenvalue weighted by Gasteiger charge is 2.44. The Hall–Kier alpha value is -4.71. The van der Waals surface area contributed by atoms with Crippen molar-refractivity contribution in [2.45, 2.75) is 83.1 Å². The molecule has 1 N–H and O–H groups in total. The molecule has 3 aromatic carbocycles. The smallest absolute Gasteiger partial charge is 0.225 e. The molecular formula is C43H53N6O6P. The van der Waals surface area contributed by atoms with Crippen molar-refractivity contribution in [3.8, 4) is 11.5 Å². The lowest BCUT2D eigenvalue weighted by Gasteiger charge is -2.39. The number of amides is 1. The Balaban J connectivity index is 1.39. The number of allylic oxidation sites excluding steroid dienone is 1. The minimum absolute atomic E-state index is 0.172. The van der Waals surface area contributed by atoms with E-state index in [1.807, 2.05) is 71.3 Å². The first-order valence-electron chi connectivity index (χ1n) is 19.0. The SMILES string of the molecule is C=CCCC(=O)Nc1ncnc2c1ncn2[C@H]1C[C@H](OP(C)N(C(C)C)C(C)C)[C@@H](COC(c2ccccc2)(c2ccc(OC)cc2)c2ccc(OC)cc2)O1. The van der Waals surface area contributed by atoms with Crippen LogP contribution in [-0.4, -0.2) is 81.9 Å². The van der Waals surface area contributed by atoms with E-state index in [0.29, 0.717) is 36.2 Å². The van der Waals surface area contributed by atoms with Gasteiger partial charge in [-0.1, -0.05) is 60.7 Å². The molecule has 6 rings (SSSR count). The molecule has 0 bridgehead atoms. The van der Waals surface area contributed by atoms with Crippen molar-refractivity contribution in [2.24, 2.45) is 0 Å². The summed E-state index contributed by atoms with van der Waals surface area (Å²) in [5, 5.41) is 2.88. The number of fused-ring (bicyclic) bond motifs is 1. The number of nitrogens with one attached hydrogen (secondary N) is 1. The number of carbonyl (C=O) groups excluding carboxylic acids is 1. The van der Waals surface area contributed by atoms with Gasteiger partial charge in [0.15, 0.2) is 17.0 Å². The van der Waals surface area contributed by atoms with E-state index in [4.69, 9.17) is 23.5 Å². The fourth-order valence-corrected chi connectivity index (χ4v) is 9.52. The molecule has 1 fully saturated rings. The molecule has 5 aromatic rings. The summed E-state index contributed by atoms with van der Waals surface area (Å²) >= 11 is 0. The topological polar surface area (TPSA) is 122 Å². The largest absolute Gasteiger partial charge is 0.497 e. The summed E-state index contributed by atoms with van der Waals surface area (Å²) in [5.41, 5.74) is 2.77. The Morgan fingerprint density at radius 2 is 1.55 bits per heavy atom. The monoisotopic (exact) mass is 780 g/mol. The molecule has 0 saturated carbocycles. The highest BCUT2D eigenvalue weighted by molar-refractivity contribution is 7.49. The van der Waals surface area contributed by atoms with Gasteiger partial charge >= 0.3 is 0 Å². The van der Waals surface area contributed by atoms with E-state index in [0.717, 1.165) is 28.2 Å². The van der Waals surface area contributed by atoms with Crippen LogP contribution >= 0.6 is 8.30 Å². The second kappa shape index (κ2) is 18.5. The van der Waals surface area contributed by atoms with E-state index in [1.54, 1.807) is 26.6 Å². The highest BCUT2D eigenvalue weighted by Crippen LogP contribution is 2.48. The first-order valence-corrected chi connectivity index (χ1v) is 20.7. The molecule has 4 atom stereocenters. The standard InChI is InChI=1S/C43H53N6O6P/c1-9-10-16-38(50)47-41-40-42(45-27-44-41)48(28-46-40)39-25-36(55-56(8)49(29(2)3)30(4)5)37(54-39)26-53-43(31-14-12-11-13-15-31,32-17-21-34(51-6)22-18-32)33-19-23-35(52-7)24-20-33/h9,11-15,17-24,27-30,36-37,39H,1,10,16,25-26H2,2-8H3,(H,44,45,47,50)/t36-,37+,39+,56?/m0/s1. The van der Waals surface area contributed by atoms with Gasteiger partial charge in [-0.15, -0.1) is 6.58 Å². The molecule has 1 aliphatic heterocycles. The molecule has 1 amide bonds. The van der Waals surface area contributed by atoms with Crippen molar-refractivity contribution in [3.63, 3.8) is 0 Å². The zero-order valence-corrected chi connectivity index (χ0v) is 34.2. The lowest BCUT2D eigenvalue weighted by Crippen LogP contribution is -2.39. The summed E-state index contributed by atoms with van der Waals surface area (Å²) in [6, 6.07) is 26.8. The summed E-state index contributed by atoms with van der Waals surface area (Å²) < 4.78 is 36.7. The zero-order chi connectivity index (χ0) is 39.8. The third kappa shape index (κ3) is 8.80. The minimum Gasteiger partial charge on any atom is -0.497 e. The average Bonchev–Trinajstić information content (AvgIpc) is 3.82. The van der Waals surface area contributed by atoms with Gasteiger partial charge in [0.1, 0.15) is 44.1 Å². The Morgan fingerprint density at radius 3 is 2.12 bits per heavy atom. The predicted molar refractivity (Wildman–Crippen MR) is 220 cm³/mol. The van der Waals surface area contributed by atoms with Crippen molar-refractivity contribution in [1.82, 2.24) is 24.2 Å². The minimum atomic E-state index is -1.04. The van der Waals surface area contributed by atoms with E-state index in [9.17, 15) is 4.79 Å². The predicted octanol–water partition coefficient (Wildman–Crippen LogP) is 8.49. The number of rotatable bonds is 18. The van der Waals surface area contributed by atoms with Gasteiger partial charge in [0, 0.05) is 24.9 Å². The molecule has 12 nitrogen and oxygen atoms in total. The zero-order valence-electron chi connectivity index (χ0n) is 33.3. The van der Waals surface area contributed by atoms with Crippen LogP contribution in [0.3, 0.4) is 0 Å². The van der Waals surface area contributed by atoms with Crippen LogP contribution < -0.4 is 14.8 Å². The van der Waals surface area contributed by atoms with E-state index in [2.05, 4.69) is 78.0 Å². The van der Waals surface area contributed by atoms with Crippen LogP contribution in [0.1, 0.15) is 69.9 Å². The third-order valence-electron chi connectivity index (χ3n) is 9.99. The molecule has 0 aliphatic carbocycles. The van der Waals surface area contributed by atoms with Gasteiger partial charge in [-0.05, 0) is 81.7 Å². The van der Waals surface area contributed by atoms with Crippen molar-refractivity contribution in [1.29, 1.82) is 0 Å². The number of carbonyl (C=O) groups is 1. The molecule has 1 aliphatic rings. The van der Waals surface area contributed by atoms with Crippen molar-refractivity contribution in [3.05, 3.63) is 121 Å². The van der Waals surface area contributed by atoms with E-state index < -0.39 is 26.2 Å². The quantitative estimate of drug-likeness (QED) is 0.0527. The van der Waals surface area contributed by atoms with Crippen molar-refractivity contribution in [2.75, 3.05) is 32.8 Å². The maximum absolute atomic E-state index is 12.6. The van der Waals surface area contributed by atoms with Crippen LogP contribution in [-0.2, 0) is 24.4 Å². The van der Waals surface area contributed by atoms with Crippen molar-refractivity contribution >= 4 is 31.2 Å². The molecular weight excluding hydrogens is 727 g/mol. The lowest BCUT2D eigenvalue weighted by molar-refractivity contribution is -0.116. The summed E-state index contributed by atoms with van der Waals surface area (Å²) in [4.78, 5) is 26.2. The van der Waals surface area contributed by atoms with Crippen LogP contribution in [0.2, 0.25) is 0 Å². The van der Waals surface area contributed by atoms with Crippen LogP contribution in [0, 0.1) is 0 Å². The first-order chi connectivity index (χ1) is 27.1. The Morgan fingerprint density at radius 1 is 0.946 bits per heavy atom. The van der Waals surface area contributed by atoms with Crippen LogP contribution in [0.4, 0.5) is 5.82 Å². The summed E-state index contributed by atoms with van der Waals surface area (Å²) in [6.07, 6.45) is 4.89. The summed E-state index contributed by atoms with van der Waals surface area (Å²) in [5.74, 6) is 1.66. The lowest BCUT2D eigenvalue weighted by atomic mass is 9.80. The first kappa shape index (κ1) is 40.9. The van der Waals surface area contributed by atoms with Gasteiger partial charge in [-0.2, -0.15) is 0 Å². The van der Waals surface area contributed by atoms with Gasteiger partial charge in [-0.25, -0.2) is 15.0 Å². The number of ether oxygens (including phenoxy) is 4. The number of benzene rings is 3. The molecule has 2 aromatic heterocycles. The Labute approximate surface area is 331 Å². The van der Waals surface area contributed by atoms with E-state index in [1.165, 1.54) is 6.33 Å².